The Labute approximate surface area is 156 Å². The minimum atomic E-state index is -0.660. The van der Waals surface area contributed by atoms with Gasteiger partial charge in [0.1, 0.15) is 17.0 Å². The molecular weight excluding hydrogens is 326 g/mol. The monoisotopic (exact) mass is 357 g/mol. The number of allylic oxidation sites excluding steroid dienone is 1. The Morgan fingerprint density at radius 1 is 1.00 bits per heavy atom. The summed E-state index contributed by atoms with van der Waals surface area (Å²) in [5.41, 5.74) is -1.09. The first-order valence-corrected chi connectivity index (χ1v) is 10.3. The highest BCUT2D eigenvalue weighted by Crippen LogP contribution is 2.77. The van der Waals surface area contributed by atoms with Crippen LogP contribution in [0.1, 0.15) is 72.6 Å². The Kier molecular flexibility index (Phi) is 2.95. The standard InChI is InChI=1S/C22H31NO3/c1-18-9-7-15-13(14(18)8-10-20(18,3)25)6-11-22-19(15,2)12-16(23-5)17(24)21(22,4)26-22/h13-15,24-25H,6-12H2,1-4H3/t13-,14-,15-,18-,19+,20-,21+,22-/m1/s1. The number of aliphatic hydroxyl groups excluding tert-OH is 1. The largest absolute Gasteiger partial charge is 0.521 e. The molecule has 8 atom stereocenters. The van der Waals surface area contributed by atoms with Crippen LogP contribution in [0.15, 0.2) is 11.5 Å². The zero-order chi connectivity index (χ0) is 18.8. The lowest BCUT2D eigenvalue weighted by Gasteiger charge is -2.60. The number of epoxide rings is 1. The van der Waals surface area contributed by atoms with E-state index >= 15 is 0 Å². The third kappa shape index (κ3) is 1.53. The smallest absolute Gasteiger partial charge is 0.205 e. The van der Waals surface area contributed by atoms with E-state index in [1.54, 1.807) is 0 Å². The molecule has 0 unspecified atom stereocenters. The van der Waals surface area contributed by atoms with E-state index in [0.717, 1.165) is 38.5 Å². The minimum Gasteiger partial charge on any atom is -0.521 e. The Morgan fingerprint density at radius 3 is 2.35 bits per heavy atom. The molecule has 1 saturated heterocycles. The lowest BCUT2D eigenvalue weighted by Crippen LogP contribution is -2.60. The van der Waals surface area contributed by atoms with E-state index in [-0.39, 0.29) is 22.2 Å². The molecule has 0 aromatic heterocycles. The summed E-state index contributed by atoms with van der Waals surface area (Å²) in [5, 5.41) is 21.7. The average molecular weight is 357 g/mol. The number of rotatable bonds is 0. The number of aliphatic hydroxyl groups is 2. The van der Waals surface area contributed by atoms with Gasteiger partial charge in [-0.15, -0.1) is 0 Å². The molecule has 4 fully saturated rings. The first-order valence-electron chi connectivity index (χ1n) is 10.3. The number of hydrogen-bond acceptors (Lipinski definition) is 3. The van der Waals surface area contributed by atoms with Crippen LogP contribution in [0, 0.1) is 35.2 Å². The van der Waals surface area contributed by atoms with Gasteiger partial charge in [-0.3, -0.25) is 0 Å². The summed E-state index contributed by atoms with van der Waals surface area (Å²) >= 11 is 0. The second-order valence-corrected chi connectivity index (χ2v) is 10.6. The molecule has 0 aromatic carbocycles. The zero-order valence-corrected chi connectivity index (χ0v) is 16.4. The van der Waals surface area contributed by atoms with Gasteiger partial charge in [0.15, 0.2) is 0 Å². The van der Waals surface area contributed by atoms with E-state index in [1.165, 1.54) is 0 Å². The van der Waals surface area contributed by atoms with Crippen LogP contribution in [0.2, 0.25) is 0 Å². The van der Waals surface area contributed by atoms with E-state index in [0.29, 0.717) is 29.9 Å². The van der Waals surface area contributed by atoms with E-state index in [9.17, 15) is 10.2 Å². The molecule has 0 amide bonds. The van der Waals surface area contributed by atoms with Gasteiger partial charge in [0.25, 0.3) is 0 Å². The fourth-order valence-electron chi connectivity index (χ4n) is 8.27. The summed E-state index contributed by atoms with van der Waals surface area (Å²) < 4.78 is 6.33. The van der Waals surface area contributed by atoms with Gasteiger partial charge in [0.05, 0.1) is 12.2 Å². The second kappa shape index (κ2) is 4.50. The molecule has 2 N–H and O–H groups in total. The molecule has 0 radical (unpaired) electrons. The van der Waals surface area contributed by atoms with Crippen molar-refractivity contribution in [2.24, 2.45) is 28.6 Å². The molecule has 1 aliphatic heterocycles. The third-order valence-electron chi connectivity index (χ3n) is 10.1. The summed E-state index contributed by atoms with van der Waals surface area (Å²) in [6.45, 7) is 16.2. The fraction of sp³-hybridized carbons (Fsp3) is 0.864. The SMILES string of the molecule is [C-]#[N+]C1=C(O)[C@]2(C)O[C@@]23CC[C@H]2[C@@H](CC[C@]4(C)[C@@H]2CC[C@@]4(C)O)[C@]3(C)C1. The quantitative estimate of drug-likeness (QED) is 0.492. The lowest BCUT2D eigenvalue weighted by molar-refractivity contribution is -0.143. The van der Waals surface area contributed by atoms with Crippen molar-refractivity contribution in [3.8, 4) is 0 Å². The van der Waals surface area contributed by atoms with Gasteiger partial charge in [-0.25, -0.2) is 4.85 Å². The number of fused-ring (bicyclic) bond motifs is 4. The molecule has 0 bridgehead atoms. The van der Waals surface area contributed by atoms with E-state index < -0.39 is 11.2 Å². The summed E-state index contributed by atoms with van der Waals surface area (Å²) in [4.78, 5) is 3.68. The normalized spacial score (nSPS) is 60.4. The van der Waals surface area contributed by atoms with Crippen molar-refractivity contribution in [3.63, 3.8) is 0 Å². The Balaban J connectivity index is 1.57. The highest BCUT2D eigenvalue weighted by Gasteiger charge is 2.82. The Bertz CT molecular complexity index is 766. The number of hydrogen-bond donors (Lipinski definition) is 2. The first-order chi connectivity index (χ1) is 12.1. The molecule has 3 saturated carbocycles. The van der Waals surface area contributed by atoms with Crippen molar-refractivity contribution in [1.29, 1.82) is 0 Å². The number of ether oxygens (including phenoxy) is 1. The van der Waals surface area contributed by atoms with Crippen LogP contribution in [-0.2, 0) is 4.74 Å². The molecular formula is C22H31NO3. The van der Waals surface area contributed by atoms with Crippen LogP contribution < -0.4 is 0 Å². The molecule has 4 nitrogen and oxygen atoms in total. The molecule has 5 aliphatic rings. The van der Waals surface area contributed by atoms with E-state index in [2.05, 4.69) is 18.7 Å². The maximum Gasteiger partial charge on any atom is 0.205 e. The summed E-state index contributed by atoms with van der Waals surface area (Å²) in [6.07, 6.45) is 6.88. The Morgan fingerprint density at radius 2 is 1.65 bits per heavy atom. The molecule has 1 heterocycles. The van der Waals surface area contributed by atoms with Crippen LogP contribution in [0.3, 0.4) is 0 Å². The maximum absolute atomic E-state index is 11.0. The van der Waals surface area contributed by atoms with Gasteiger partial charge in [-0.2, -0.15) is 0 Å². The molecule has 142 valence electrons. The van der Waals surface area contributed by atoms with Gasteiger partial charge in [-0.05, 0) is 87.4 Å². The van der Waals surface area contributed by atoms with E-state index in [4.69, 9.17) is 11.3 Å². The highest BCUT2D eigenvalue weighted by molar-refractivity contribution is 5.44. The average Bonchev–Trinajstić information content (AvgIpc) is 3.14. The van der Waals surface area contributed by atoms with Gasteiger partial charge in [0.2, 0.25) is 5.70 Å². The maximum atomic E-state index is 11.0. The first kappa shape index (κ1) is 17.1. The lowest BCUT2D eigenvalue weighted by atomic mass is 9.43. The number of nitrogens with zero attached hydrogens (tertiary/aromatic N) is 1. The third-order valence-corrected chi connectivity index (χ3v) is 10.1. The molecule has 4 aliphatic carbocycles. The summed E-state index contributed by atoms with van der Waals surface area (Å²) in [5.74, 6) is 1.85. The molecule has 26 heavy (non-hydrogen) atoms. The van der Waals surface area contributed by atoms with Crippen molar-refractivity contribution >= 4 is 0 Å². The topological polar surface area (TPSA) is 57.3 Å². The molecule has 4 heteroatoms. The minimum absolute atomic E-state index is 0.0119. The predicted molar refractivity (Wildman–Crippen MR) is 98.1 cm³/mol. The van der Waals surface area contributed by atoms with Gasteiger partial charge in [0, 0.05) is 0 Å². The van der Waals surface area contributed by atoms with Crippen molar-refractivity contribution in [2.45, 2.75) is 89.4 Å². The molecule has 5 rings (SSSR count). The van der Waals surface area contributed by atoms with Crippen molar-refractivity contribution in [1.82, 2.24) is 0 Å². The highest BCUT2D eigenvalue weighted by atomic mass is 16.6. The van der Waals surface area contributed by atoms with Gasteiger partial charge < -0.3 is 14.9 Å². The Hall–Kier alpha value is -1.05. The van der Waals surface area contributed by atoms with Crippen LogP contribution in [0.5, 0.6) is 0 Å². The molecule has 1 spiro atoms. The van der Waals surface area contributed by atoms with Gasteiger partial charge >= 0.3 is 0 Å². The van der Waals surface area contributed by atoms with Crippen molar-refractivity contribution in [3.05, 3.63) is 22.9 Å². The predicted octanol–water partition coefficient (Wildman–Crippen LogP) is 4.60. The van der Waals surface area contributed by atoms with Crippen LogP contribution in [0.4, 0.5) is 0 Å². The van der Waals surface area contributed by atoms with Crippen LogP contribution in [0.25, 0.3) is 4.85 Å². The van der Waals surface area contributed by atoms with Crippen molar-refractivity contribution < 1.29 is 14.9 Å². The van der Waals surface area contributed by atoms with Crippen molar-refractivity contribution in [2.75, 3.05) is 0 Å². The van der Waals surface area contributed by atoms with Gasteiger partial charge in [-0.1, -0.05) is 13.8 Å². The van der Waals surface area contributed by atoms with Crippen LogP contribution >= 0.6 is 0 Å². The van der Waals surface area contributed by atoms with E-state index in [1.807, 2.05) is 13.8 Å². The second-order valence-electron chi connectivity index (χ2n) is 10.6. The molecule has 0 aromatic rings. The van der Waals surface area contributed by atoms with Crippen LogP contribution in [-0.4, -0.2) is 27.0 Å². The summed E-state index contributed by atoms with van der Waals surface area (Å²) in [7, 11) is 0. The zero-order valence-electron chi connectivity index (χ0n) is 16.4. The summed E-state index contributed by atoms with van der Waals surface area (Å²) in [6, 6.07) is 0. The fourth-order valence-corrected chi connectivity index (χ4v) is 8.27.